The van der Waals surface area contributed by atoms with Crippen molar-refractivity contribution in [2.75, 3.05) is 24.2 Å². The van der Waals surface area contributed by atoms with Gasteiger partial charge in [0.2, 0.25) is 10.3 Å². The maximum Gasteiger partial charge on any atom is 0.230 e. The Kier molecular flexibility index (Phi) is 7.16. The highest BCUT2D eigenvalue weighted by Gasteiger charge is 2.09. The molecule has 0 aliphatic rings. The van der Waals surface area contributed by atoms with Gasteiger partial charge in [0, 0.05) is 37.4 Å². The molecule has 168 valence electrons. The second-order valence-corrected chi connectivity index (χ2v) is 9.22. The molecule has 0 unspecified atom stereocenters. The van der Waals surface area contributed by atoms with Crippen LogP contribution in [0.4, 0.5) is 33.0 Å². The lowest BCUT2D eigenvalue weighted by Gasteiger charge is -2.05. The van der Waals surface area contributed by atoms with Crippen LogP contribution in [0.25, 0.3) is 9.75 Å². The third kappa shape index (κ3) is 5.65. The Morgan fingerprint density at radius 3 is 1.76 bits per heavy atom. The predicted octanol–water partition coefficient (Wildman–Crippen LogP) is 8.19. The van der Waals surface area contributed by atoms with Crippen molar-refractivity contribution in [3.05, 3.63) is 59.9 Å². The molecule has 0 amide bonds. The number of rotatable bonds is 8. The van der Waals surface area contributed by atoms with Crippen LogP contribution in [-0.4, -0.2) is 23.6 Å². The highest BCUT2D eigenvalue weighted by molar-refractivity contribution is 7.25. The molecule has 4 rings (SSSR count). The summed E-state index contributed by atoms with van der Waals surface area (Å²) in [6.07, 6.45) is 3.57. The fourth-order valence-corrected chi connectivity index (χ4v) is 4.58. The van der Waals surface area contributed by atoms with Gasteiger partial charge in [-0.25, -0.2) is 9.97 Å². The summed E-state index contributed by atoms with van der Waals surface area (Å²) in [5, 5.41) is 24.9. The third-order valence-corrected chi connectivity index (χ3v) is 6.74. The van der Waals surface area contributed by atoms with Crippen molar-refractivity contribution in [2.45, 2.75) is 20.8 Å². The van der Waals surface area contributed by atoms with Gasteiger partial charge in [-0.1, -0.05) is 22.7 Å². The number of thiazole rings is 2. The SMILES string of the molecule is CCNc1ccc(N=Nc2ncc(-c3cnc(N=Nc4ccc(NC)cc4C)s3)s2)c(C)c1. The topological polar surface area (TPSA) is 99.3 Å². The number of anilines is 2. The molecule has 0 bridgehead atoms. The highest BCUT2D eigenvalue weighted by atomic mass is 32.1. The van der Waals surface area contributed by atoms with Crippen LogP contribution in [0.3, 0.4) is 0 Å². The molecule has 10 heteroatoms. The lowest BCUT2D eigenvalue weighted by atomic mass is 10.2. The summed E-state index contributed by atoms with van der Waals surface area (Å²) in [4.78, 5) is 10.7. The molecule has 8 nitrogen and oxygen atoms in total. The quantitative estimate of drug-likeness (QED) is 0.250. The Morgan fingerprint density at radius 1 is 0.758 bits per heavy atom. The van der Waals surface area contributed by atoms with E-state index in [1.807, 2.05) is 51.2 Å². The summed E-state index contributed by atoms with van der Waals surface area (Å²) in [7, 11) is 1.89. The van der Waals surface area contributed by atoms with Crippen molar-refractivity contribution in [3.63, 3.8) is 0 Å². The average molecular weight is 477 g/mol. The molecule has 0 saturated carbocycles. The van der Waals surface area contributed by atoms with E-state index in [-0.39, 0.29) is 0 Å². The van der Waals surface area contributed by atoms with Crippen LogP contribution >= 0.6 is 22.7 Å². The zero-order chi connectivity index (χ0) is 23.2. The molecular formula is C23H24N8S2. The van der Waals surface area contributed by atoms with Crippen molar-refractivity contribution in [1.82, 2.24) is 9.97 Å². The Hall–Kier alpha value is -3.50. The smallest absolute Gasteiger partial charge is 0.230 e. The number of azo groups is 2. The minimum Gasteiger partial charge on any atom is -0.388 e. The fraction of sp³-hybridized carbons (Fsp3) is 0.217. The first-order valence-corrected chi connectivity index (χ1v) is 12.1. The maximum atomic E-state index is 4.38. The summed E-state index contributed by atoms with van der Waals surface area (Å²) in [6.45, 7) is 6.98. The second-order valence-electron chi connectivity index (χ2n) is 7.20. The van der Waals surface area contributed by atoms with E-state index in [2.05, 4.69) is 54.0 Å². The molecule has 33 heavy (non-hydrogen) atoms. The van der Waals surface area contributed by atoms with Crippen LogP contribution in [0.15, 0.2) is 69.2 Å². The molecule has 0 aliphatic heterocycles. The average Bonchev–Trinajstić information content (AvgIpc) is 3.47. The third-order valence-electron chi connectivity index (χ3n) is 4.78. The highest BCUT2D eigenvalue weighted by Crippen LogP contribution is 2.37. The van der Waals surface area contributed by atoms with Crippen molar-refractivity contribution < 1.29 is 0 Å². The van der Waals surface area contributed by atoms with Crippen LogP contribution in [0.1, 0.15) is 18.1 Å². The van der Waals surface area contributed by atoms with Gasteiger partial charge in [0.1, 0.15) is 0 Å². The normalized spacial score (nSPS) is 11.5. The van der Waals surface area contributed by atoms with Crippen LogP contribution in [-0.2, 0) is 0 Å². The van der Waals surface area contributed by atoms with Gasteiger partial charge in [0.05, 0.1) is 21.1 Å². The van der Waals surface area contributed by atoms with Crippen molar-refractivity contribution in [3.8, 4) is 9.75 Å². The van der Waals surface area contributed by atoms with E-state index >= 15 is 0 Å². The number of nitrogens with one attached hydrogen (secondary N) is 2. The zero-order valence-corrected chi connectivity index (χ0v) is 20.5. The van der Waals surface area contributed by atoms with Gasteiger partial charge < -0.3 is 10.6 Å². The first-order chi connectivity index (χ1) is 16.1. The van der Waals surface area contributed by atoms with E-state index in [9.17, 15) is 0 Å². The first kappa shape index (κ1) is 22.7. The number of hydrogen-bond donors (Lipinski definition) is 2. The largest absolute Gasteiger partial charge is 0.388 e. The summed E-state index contributed by atoms with van der Waals surface area (Å²) >= 11 is 2.93. The predicted molar refractivity (Wildman–Crippen MR) is 138 cm³/mol. The van der Waals surface area contributed by atoms with E-state index in [0.29, 0.717) is 10.3 Å². The van der Waals surface area contributed by atoms with Gasteiger partial charge in [0.15, 0.2) is 0 Å². The monoisotopic (exact) mass is 476 g/mol. The zero-order valence-electron chi connectivity index (χ0n) is 18.8. The molecule has 0 fully saturated rings. The van der Waals surface area contributed by atoms with E-state index in [0.717, 1.165) is 50.2 Å². The Bertz CT molecular complexity index is 1310. The summed E-state index contributed by atoms with van der Waals surface area (Å²) < 4.78 is 0. The molecule has 0 spiro atoms. The van der Waals surface area contributed by atoms with E-state index < -0.39 is 0 Å². The summed E-state index contributed by atoms with van der Waals surface area (Å²) in [6, 6.07) is 12.0. The molecule has 2 aromatic heterocycles. The molecule has 0 aliphatic carbocycles. The van der Waals surface area contributed by atoms with Crippen LogP contribution < -0.4 is 10.6 Å². The van der Waals surface area contributed by atoms with E-state index in [1.165, 1.54) is 22.7 Å². The van der Waals surface area contributed by atoms with Crippen molar-refractivity contribution in [2.24, 2.45) is 20.5 Å². The van der Waals surface area contributed by atoms with Gasteiger partial charge in [0.25, 0.3) is 0 Å². The van der Waals surface area contributed by atoms with Crippen molar-refractivity contribution >= 4 is 55.7 Å². The molecule has 0 radical (unpaired) electrons. The lowest BCUT2D eigenvalue weighted by molar-refractivity contribution is 1.17. The van der Waals surface area contributed by atoms with Crippen LogP contribution in [0, 0.1) is 13.8 Å². The molecule has 4 aromatic rings. The second kappa shape index (κ2) is 10.4. The van der Waals surface area contributed by atoms with Gasteiger partial charge >= 0.3 is 0 Å². The van der Waals surface area contributed by atoms with Crippen LogP contribution in [0.5, 0.6) is 0 Å². The standard InChI is InChI=1S/C23H24N8S2/c1-5-25-17-7-9-19(15(3)11-17)29-31-23-27-13-21(33-23)20-12-26-22(32-20)30-28-18-8-6-16(24-4)10-14(18)2/h6-13,24-25H,5H2,1-4H3. The Labute approximate surface area is 200 Å². The van der Waals surface area contributed by atoms with Gasteiger partial charge in [-0.2, -0.15) is 0 Å². The summed E-state index contributed by atoms with van der Waals surface area (Å²) in [5.74, 6) is 0. The Morgan fingerprint density at radius 2 is 1.27 bits per heavy atom. The number of aryl methyl sites for hydroxylation is 2. The van der Waals surface area contributed by atoms with E-state index in [4.69, 9.17) is 0 Å². The number of benzene rings is 2. The minimum absolute atomic E-state index is 0.593. The first-order valence-electron chi connectivity index (χ1n) is 10.4. The Balaban J connectivity index is 1.45. The van der Waals surface area contributed by atoms with E-state index in [1.54, 1.807) is 12.4 Å². The molecule has 2 N–H and O–H groups in total. The fourth-order valence-electron chi connectivity index (χ4n) is 3.05. The molecule has 0 saturated heterocycles. The summed E-state index contributed by atoms with van der Waals surface area (Å²) in [5.41, 5.74) is 5.87. The minimum atomic E-state index is 0.593. The molecule has 0 atom stereocenters. The molecule has 2 aromatic carbocycles. The number of hydrogen-bond acceptors (Lipinski definition) is 10. The van der Waals surface area contributed by atoms with Crippen LogP contribution in [0.2, 0.25) is 0 Å². The maximum absolute atomic E-state index is 4.38. The van der Waals surface area contributed by atoms with Gasteiger partial charge in [-0.05, 0) is 68.3 Å². The molecule has 2 heterocycles. The van der Waals surface area contributed by atoms with Crippen molar-refractivity contribution in [1.29, 1.82) is 0 Å². The lowest BCUT2D eigenvalue weighted by Crippen LogP contribution is -1.95. The van der Waals surface area contributed by atoms with Gasteiger partial charge in [-0.3, -0.25) is 0 Å². The molecular weight excluding hydrogens is 452 g/mol. The number of nitrogens with zero attached hydrogens (tertiary/aromatic N) is 6. The van der Waals surface area contributed by atoms with Gasteiger partial charge in [-0.15, -0.1) is 20.5 Å². The number of aromatic nitrogens is 2.